The van der Waals surface area contributed by atoms with Gasteiger partial charge in [-0.25, -0.2) is 0 Å². The highest BCUT2D eigenvalue weighted by Crippen LogP contribution is 2.29. The van der Waals surface area contributed by atoms with Crippen molar-refractivity contribution in [3.8, 4) is 16.9 Å². The van der Waals surface area contributed by atoms with Crippen LogP contribution in [0.25, 0.3) is 11.1 Å². The van der Waals surface area contributed by atoms with Crippen LogP contribution in [0.1, 0.15) is 75.0 Å². The highest BCUT2D eigenvalue weighted by atomic mass is 16.5. The molecule has 1 heterocycles. The summed E-state index contributed by atoms with van der Waals surface area (Å²) in [6.45, 7) is 16.0. The lowest BCUT2D eigenvalue weighted by molar-refractivity contribution is 0.0939. The van der Waals surface area contributed by atoms with E-state index >= 15 is 0 Å². The first-order valence-electron chi connectivity index (χ1n) is 14.6. The number of aliphatic hydroxyl groups is 1. The second-order valence-corrected chi connectivity index (χ2v) is 9.70. The third kappa shape index (κ3) is 9.99. The molecule has 0 radical (unpaired) electrons. The number of aromatic nitrogens is 2. The molecule has 0 saturated carbocycles. The fourth-order valence-corrected chi connectivity index (χ4v) is 4.41. The summed E-state index contributed by atoms with van der Waals surface area (Å²) in [6.07, 6.45) is 6.04. The fraction of sp³-hybridized carbons (Fsp3) is 0.500. The maximum atomic E-state index is 13.3. The van der Waals surface area contributed by atoms with Crippen molar-refractivity contribution in [3.63, 3.8) is 0 Å². The predicted molar refractivity (Wildman–Crippen MR) is 165 cm³/mol. The summed E-state index contributed by atoms with van der Waals surface area (Å²) in [5.41, 5.74) is 5.43. The zero-order valence-electron chi connectivity index (χ0n) is 25.5. The molecular formula is C32H49N5O3. The summed E-state index contributed by atoms with van der Waals surface area (Å²) in [7, 11) is 1.89. The lowest BCUT2D eigenvalue weighted by atomic mass is 10.0. The van der Waals surface area contributed by atoms with E-state index in [1.807, 2.05) is 84.4 Å². The maximum absolute atomic E-state index is 13.3. The van der Waals surface area contributed by atoms with Crippen molar-refractivity contribution in [1.29, 1.82) is 0 Å². The lowest BCUT2D eigenvalue weighted by Crippen LogP contribution is -2.32. The van der Waals surface area contributed by atoms with Crippen LogP contribution < -0.4 is 15.4 Å². The average Bonchev–Trinajstić information content (AvgIpc) is 3.40. The Balaban J connectivity index is 0.00000274. The zero-order valence-corrected chi connectivity index (χ0v) is 25.5. The van der Waals surface area contributed by atoms with Gasteiger partial charge in [-0.3, -0.25) is 14.4 Å². The van der Waals surface area contributed by atoms with Gasteiger partial charge in [0.25, 0.3) is 5.91 Å². The number of unbranched alkanes of at least 4 members (excludes halogenated alkanes) is 1. The zero-order chi connectivity index (χ0) is 29.5. The number of carbonyl (C=O) groups is 1. The van der Waals surface area contributed by atoms with Crippen molar-refractivity contribution in [2.45, 2.75) is 60.4 Å². The smallest absolute Gasteiger partial charge is 0.252 e. The molecule has 3 rings (SSSR count). The van der Waals surface area contributed by atoms with Gasteiger partial charge in [-0.1, -0.05) is 33.3 Å². The number of nitrogens with one attached hydrogen (secondary N) is 2. The molecule has 3 N–H and O–H groups in total. The highest BCUT2D eigenvalue weighted by Gasteiger charge is 2.16. The minimum atomic E-state index is -0.222. The van der Waals surface area contributed by atoms with Crippen LogP contribution in [0, 0.1) is 6.92 Å². The second-order valence-electron chi connectivity index (χ2n) is 9.70. The maximum Gasteiger partial charge on any atom is 0.252 e. The Hall–Kier alpha value is -3.36. The summed E-state index contributed by atoms with van der Waals surface area (Å²) in [4.78, 5) is 15.6. The number of amides is 1. The molecule has 1 atom stereocenters. The van der Waals surface area contributed by atoms with Crippen molar-refractivity contribution >= 4 is 11.6 Å². The van der Waals surface area contributed by atoms with Gasteiger partial charge in [0.05, 0.1) is 25.5 Å². The van der Waals surface area contributed by atoms with E-state index in [0.717, 1.165) is 66.2 Å². The Morgan fingerprint density at radius 3 is 2.52 bits per heavy atom. The second kappa shape index (κ2) is 17.4. The van der Waals surface area contributed by atoms with Crippen LogP contribution in [0.3, 0.4) is 0 Å². The fourth-order valence-electron chi connectivity index (χ4n) is 4.41. The summed E-state index contributed by atoms with van der Waals surface area (Å²) < 4.78 is 7.59. The van der Waals surface area contributed by atoms with E-state index in [-0.39, 0.29) is 18.6 Å². The van der Waals surface area contributed by atoms with E-state index in [2.05, 4.69) is 33.6 Å². The molecule has 0 aliphatic rings. The van der Waals surface area contributed by atoms with Gasteiger partial charge in [-0.2, -0.15) is 5.10 Å². The molecule has 2 aromatic carbocycles. The Kier molecular flexibility index (Phi) is 14.3. The summed E-state index contributed by atoms with van der Waals surface area (Å²) >= 11 is 0. The van der Waals surface area contributed by atoms with Crippen LogP contribution in [-0.4, -0.2) is 65.1 Å². The van der Waals surface area contributed by atoms with Gasteiger partial charge in [-0.15, -0.1) is 0 Å². The lowest BCUT2D eigenvalue weighted by Gasteiger charge is -2.21. The van der Waals surface area contributed by atoms with Crippen molar-refractivity contribution in [3.05, 3.63) is 65.5 Å². The Labute approximate surface area is 240 Å². The number of benzene rings is 2. The Morgan fingerprint density at radius 2 is 1.88 bits per heavy atom. The number of aryl methyl sites for hydroxylation is 2. The van der Waals surface area contributed by atoms with Crippen LogP contribution in [0.2, 0.25) is 0 Å². The van der Waals surface area contributed by atoms with E-state index in [1.54, 1.807) is 4.68 Å². The van der Waals surface area contributed by atoms with E-state index in [9.17, 15) is 9.90 Å². The van der Waals surface area contributed by atoms with Crippen LogP contribution in [0.15, 0.2) is 48.8 Å². The summed E-state index contributed by atoms with van der Waals surface area (Å²) in [5, 5.41) is 20.2. The molecule has 1 aromatic heterocycles. The topological polar surface area (TPSA) is 91.7 Å². The van der Waals surface area contributed by atoms with Gasteiger partial charge in [0.2, 0.25) is 0 Å². The number of nitrogens with zero attached hydrogens (tertiary/aromatic N) is 3. The summed E-state index contributed by atoms with van der Waals surface area (Å²) in [5.74, 6) is 0.648. The molecule has 0 aliphatic heterocycles. The van der Waals surface area contributed by atoms with Gasteiger partial charge < -0.3 is 20.5 Å². The predicted octanol–water partition coefficient (Wildman–Crippen LogP) is 5.82. The third-order valence-electron chi connectivity index (χ3n) is 6.61. The van der Waals surface area contributed by atoms with Crippen molar-refractivity contribution in [2.75, 3.05) is 44.7 Å². The SMILES string of the molecule is CC.CCCCN(CCO)CCNc1ccc(C)c(C(=O)NC(C)c2cc(OCC)cc(-c3cnn(C)c3)c2)c1. The normalized spacial score (nSPS) is 11.5. The van der Waals surface area contributed by atoms with E-state index < -0.39 is 0 Å². The molecule has 1 amide bonds. The summed E-state index contributed by atoms with van der Waals surface area (Å²) in [6, 6.07) is 11.7. The van der Waals surface area contributed by atoms with Crippen LogP contribution in [0.4, 0.5) is 5.69 Å². The molecule has 0 aliphatic carbocycles. The first-order valence-corrected chi connectivity index (χ1v) is 14.6. The van der Waals surface area contributed by atoms with Crippen molar-refractivity contribution < 1.29 is 14.6 Å². The molecule has 0 spiro atoms. The van der Waals surface area contributed by atoms with Crippen molar-refractivity contribution in [1.82, 2.24) is 20.0 Å². The van der Waals surface area contributed by atoms with Gasteiger partial charge in [0.1, 0.15) is 5.75 Å². The molecule has 8 heteroatoms. The number of ether oxygens (including phenoxy) is 1. The number of hydrogen-bond acceptors (Lipinski definition) is 6. The molecule has 0 fully saturated rings. The minimum absolute atomic E-state index is 0.117. The van der Waals surface area contributed by atoms with Crippen LogP contribution in [0.5, 0.6) is 5.75 Å². The quantitative estimate of drug-likeness (QED) is 0.221. The largest absolute Gasteiger partial charge is 0.494 e. The third-order valence-corrected chi connectivity index (χ3v) is 6.61. The van der Waals surface area contributed by atoms with E-state index in [0.29, 0.717) is 18.7 Å². The Morgan fingerprint density at radius 1 is 1.10 bits per heavy atom. The van der Waals surface area contributed by atoms with Gasteiger partial charge >= 0.3 is 0 Å². The molecule has 40 heavy (non-hydrogen) atoms. The molecule has 0 bridgehead atoms. The number of carbonyl (C=O) groups excluding carboxylic acids is 1. The van der Waals surface area contributed by atoms with Crippen LogP contribution >= 0.6 is 0 Å². The molecule has 3 aromatic rings. The van der Waals surface area contributed by atoms with E-state index in [1.165, 1.54) is 0 Å². The standard InChI is InChI=1S/C30H43N5O3.C2H6/c1-6-8-12-35(14-15-36)13-11-31-27-10-9-22(3)29(19-27)30(37)33-23(4)24-16-25(18-28(17-24)38-7-2)26-20-32-34(5)21-26;1-2/h9-10,16-21,23,31,36H,6-8,11-15H2,1-5H3,(H,33,37);1-2H3. The van der Waals surface area contributed by atoms with Gasteiger partial charge in [0, 0.05) is 49.7 Å². The van der Waals surface area contributed by atoms with Crippen LogP contribution in [-0.2, 0) is 7.05 Å². The molecular weight excluding hydrogens is 502 g/mol. The molecule has 220 valence electrons. The van der Waals surface area contributed by atoms with Crippen molar-refractivity contribution in [2.24, 2.45) is 7.05 Å². The molecule has 8 nitrogen and oxygen atoms in total. The minimum Gasteiger partial charge on any atom is -0.494 e. The van der Waals surface area contributed by atoms with Gasteiger partial charge in [0.15, 0.2) is 0 Å². The number of rotatable bonds is 15. The first kappa shape index (κ1) is 32.8. The monoisotopic (exact) mass is 551 g/mol. The van der Waals surface area contributed by atoms with Gasteiger partial charge in [-0.05, 0) is 80.8 Å². The number of aliphatic hydroxyl groups excluding tert-OH is 1. The number of hydrogen-bond donors (Lipinski definition) is 3. The highest BCUT2D eigenvalue weighted by molar-refractivity contribution is 5.96. The molecule has 1 unspecified atom stereocenters. The number of anilines is 1. The average molecular weight is 552 g/mol. The molecule has 0 saturated heterocycles. The Bertz CT molecular complexity index is 1180. The first-order chi connectivity index (χ1) is 19.3. The van der Waals surface area contributed by atoms with E-state index in [4.69, 9.17) is 4.74 Å².